The van der Waals surface area contributed by atoms with E-state index in [1.54, 1.807) is 24.4 Å². The fourth-order valence-corrected chi connectivity index (χ4v) is 3.00. The summed E-state index contributed by atoms with van der Waals surface area (Å²) in [7, 11) is 0. The molecule has 5 heteroatoms. The van der Waals surface area contributed by atoms with Crippen molar-refractivity contribution in [2.24, 2.45) is 0 Å². The maximum absolute atomic E-state index is 12.9. The maximum atomic E-state index is 12.9. The Bertz CT molecular complexity index is 681. The zero-order valence-electron chi connectivity index (χ0n) is 13.6. The number of pyridine rings is 1. The lowest BCUT2D eigenvalue weighted by Crippen LogP contribution is -2.25. The van der Waals surface area contributed by atoms with Gasteiger partial charge in [-0.1, -0.05) is 31.4 Å². The van der Waals surface area contributed by atoms with E-state index in [2.05, 4.69) is 15.6 Å². The highest BCUT2D eigenvalue weighted by Crippen LogP contribution is 2.21. The highest BCUT2D eigenvalue weighted by molar-refractivity contribution is 5.93. The van der Waals surface area contributed by atoms with Crippen molar-refractivity contribution in [3.05, 3.63) is 59.7 Å². The number of nitrogens with one attached hydrogen (secondary N) is 2. The Morgan fingerprint density at radius 3 is 2.62 bits per heavy atom. The van der Waals surface area contributed by atoms with Crippen molar-refractivity contribution in [1.29, 1.82) is 0 Å². The van der Waals surface area contributed by atoms with E-state index in [9.17, 15) is 9.18 Å². The molecule has 1 fully saturated rings. The summed E-state index contributed by atoms with van der Waals surface area (Å²) < 4.78 is 12.9. The highest BCUT2D eigenvalue weighted by Gasteiger charge is 2.14. The summed E-state index contributed by atoms with van der Waals surface area (Å²) in [6.07, 6.45) is 7.83. The van der Waals surface area contributed by atoms with Crippen LogP contribution >= 0.6 is 0 Å². The van der Waals surface area contributed by atoms with E-state index < -0.39 is 0 Å². The minimum Gasteiger partial charge on any atom is -0.382 e. The average molecular weight is 327 g/mol. The van der Waals surface area contributed by atoms with Crippen LogP contribution in [0, 0.1) is 5.82 Å². The number of halogens is 1. The third-order valence-electron chi connectivity index (χ3n) is 4.33. The van der Waals surface area contributed by atoms with Crippen molar-refractivity contribution in [2.75, 3.05) is 5.32 Å². The number of nitrogens with zero attached hydrogens (tertiary/aromatic N) is 1. The van der Waals surface area contributed by atoms with Crippen molar-refractivity contribution >= 4 is 11.6 Å². The van der Waals surface area contributed by atoms with Crippen LogP contribution in [0.3, 0.4) is 0 Å². The molecular weight excluding hydrogens is 305 g/mol. The molecule has 2 aromatic rings. The van der Waals surface area contributed by atoms with Crippen LogP contribution in [-0.2, 0) is 6.54 Å². The fourth-order valence-electron chi connectivity index (χ4n) is 3.00. The number of hydrogen-bond acceptors (Lipinski definition) is 3. The molecule has 0 atom stereocenters. The number of carbonyl (C=O) groups excluding carboxylic acids is 1. The van der Waals surface area contributed by atoms with E-state index >= 15 is 0 Å². The molecule has 1 aliphatic carbocycles. The molecule has 1 amide bonds. The van der Waals surface area contributed by atoms with Gasteiger partial charge in [0.25, 0.3) is 5.91 Å². The topological polar surface area (TPSA) is 54.0 Å². The minimum absolute atomic E-state index is 0.230. The summed E-state index contributed by atoms with van der Waals surface area (Å²) in [6.45, 7) is 0.348. The van der Waals surface area contributed by atoms with Gasteiger partial charge in [0.2, 0.25) is 0 Å². The summed E-state index contributed by atoms with van der Waals surface area (Å²) in [5, 5.41) is 6.31. The van der Waals surface area contributed by atoms with Gasteiger partial charge in [-0.25, -0.2) is 4.39 Å². The Labute approximate surface area is 141 Å². The fraction of sp³-hybridized carbons (Fsp3) is 0.368. The zero-order valence-corrected chi connectivity index (χ0v) is 13.6. The third-order valence-corrected chi connectivity index (χ3v) is 4.33. The predicted molar refractivity (Wildman–Crippen MR) is 92.3 cm³/mol. The lowest BCUT2D eigenvalue weighted by molar-refractivity contribution is 0.0946. The number of rotatable bonds is 5. The quantitative estimate of drug-likeness (QED) is 0.876. The molecule has 24 heavy (non-hydrogen) atoms. The van der Waals surface area contributed by atoms with Gasteiger partial charge in [-0.05, 0) is 42.7 Å². The van der Waals surface area contributed by atoms with Gasteiger partial charge in [0.15, 0.2) is 0 Å². The van der Waals surface area contributed by atoms with Crippen molar-refractivity contribution in [3.63, 3.8) is 0 Å². The Hall–Kier alpha value is -2.43. The molecule has 1 saturated carbocycles. The second-order valence-electron chi connectivity index (χ2n) is 6.22. The van der Waals surface area contributed by atoms with E-state index in [-0.39, 0.29) is 11.7 Å². The largest absolute Gasteiger partial charge is 0.382 e. The van der Waals surface area contributed by atoms with Crippen molar-refractivity contribution in [1.82, 2.24) is 10.3 Å². The standard InChI is InChI=1S/C19H22FN3O/c20-15-8-6-14(7-9-15)13-22-19(24)18-12-17(10-11-21-18)23-16-4-2-1-3-5-16/h6-12,16H,1-5,13H2,(H,21,23)(H,22,24). The van der Waals surface area contributed by atoms with Gasteiger partial charge in [0, 0.05) is 24.5 Å². The van der Waals surface area contributed by atoms with E-state index in [1.165, 1.54) is 44.2 Å². The third kappa shape index (κ3) is 4.54. The molecule has 0 spiro atoms. The van der Waals surface area contributed by atoms with Gasteiger partial charge in [-0.3, -0.25) is 9.78 Å². The van der Waals surface area contributed by atoms with Gasteiger partial charge in [-0.15, -0.1) is 0 Å². The van der Waals surface area contributed by atoms with Crippen LogP contribution in [0.2, 0.25) is 0 Å². The summed E-state index contributed by atoms with van der Waals surface area (Å²) in [5.74, 6) is -0.514. The lowest BCUT2D eigenvalue weighted by atomic mass is 9.95. The number of anilines is 1. The van der Waals surface area contributed by atoms with Crippen LogP contribution in [-0.4, -0.2) is 16.9 Å². The molecule has 1 aliphatic rings. The van der Waals surface area contributed by atoms with Crippen molar-refractivity contribution in [2.45, 2.75) is 44.7 Å². The van der Waals surface area contributed by atoms with Crippen LogP contribution in [0.25, 0.3) is 0 Å². The molecule has 0 bridgehead atoms. The van der Waals surface area contributed by atoms with Crippen LogP contribution in [0.5, 0.6) is 0 Å². The molecule has 1 aromatic heterocycles. The predicted octanol–water partition coefficient (Wildman–Crippen LogP) is 3.90. The molecule has 4 nitrogen and oxygen atoms in total. The van der Waals surface area contributed by atoms with E-state index in [4.69, 9.17) is 0 Å². The normalized spacial score (nSPS) is 15.0. The Morgan fingerprint density at radius 1 is 1.12 bits per heavy atom. The molecule has 126 valence electrons. The van der Waals surface area contributed by atoms with Gasteiger partial charge >= 0.3 is 0 Å². The molecule has 0 saturated heterocycles. The smallest absolute Gasteiger partial charge is 0.270 e. The second-order valence-corrected chi connectivity index (χ2v) is 6.22. The number of aromatic nitrogens is 1. The summed E-state index contributed by atoms with van der Waals surface area (Å²) in [6, 6.07) is 10.2. The molecule has 0 unspecified atom stereocenters. The molecule has 1 aromatic carbocycles. The first kappa shape index (κ1) is 16.4. The van der Waals surface area contributed by atoms with Crippen LogP contribution < -0.4 is 10.6 Å². The van der Waals surface area contributed by atoms with Gasteiger partial charge in [-0.2, -0.15) is 0 Å². The van der Waals surface area contributed by atoms with E-state index in [0.29, 0.717) is 18.3 Å². The summed E-state index contributed by atoms with van der Waals surface area (Å²) in [4.78, 5) is 16.4. The van der Waals surface area contributed by atoms with Crippen LogP contribution in [0.15, 0.2) is 42.6 Å². The van der Waals surface area contributed by atoms with Crippen LogP contribution in [0.4, 0.5) is 10.1 Å². The first-order valence-corrected chi connectivity index (χ1v) is 8.46. The molecular formula is C19H22FN3O. The molecule has 0 radical (unpaired) electrons. The average Bonchev–Trinajstić information content (AvgIpc) is 2.62. The Kier molecular flexibility index (Phi) is 5.41. The Balaban J connectivity index is 1.58. The van der Waals surface area contributed by atoms with E-state index in [0.717, 1.165) is 11.3 Å². The highest BCUT2D eigenvalue weighted by atomic mass is 19.1. The van der Waals surface area contributed by atoms with Gasteiger partial charge in [0.1, 0.15) is 11.5 Å². The second kappa shape index (κ2) is 7.90. The number of benzene rings is 1. The first-order valence-electron chi connectivity index (χ1n) is 8.46. The number of hydrogen-bond donors (Lipinski definition) is 2. The Morgan fingerprint density at radius 2 is 1.88 bits per heavy atom. The van der Waals surface area contributed by atoms with E-state index in [1.807, 2.05) is 6.07 Å². The summed E-state index contributed by atoms with van der Waals surface area (Å²) >= 11 is 0. The number of carbonyl (C=O) groups is 1. The van der Waals surface area contributed by atoms with Crippen LogP contribution in [0.1, 0.15) is 48.2 Å². The van der Waals surface area contributed by atoms with Crippen molar-refractivity contribution < 1.29 is 9.18 Å². The molecule has 2 N–H and O–H groups in total. The summed E-state index contributed by atoms with van der Waals surface area (Å²) in [5.41, 5.74) is 2.17. The minimum atomic E-state index is -0.284. The zero-order chi connectivity index (χ0) is 16.8. The lowest BCUT2D eigenvalue weighted by Gasteiger charge is -2.23. The number of amides is 1. The monoisotopic (exact) mass is 327 g/mol. The molecule has 0 aliphatic heterocycles. The van der Waals surface area contributed by atoms with Crippen molar-refractivity contribution in [3.8, 4) is 0 Å². The SMILES string of the molecule is O=C(NCc1ccc(F)cc1)c1cc(NC2CCCCC2)ccn1. The maximum Gasteiger partial charge on any atom is 0.270 e. The van der Waals surface area contributed by atoms with Gasteiger partial charge < -0.3 is 10.6 Å². The molecule has 1 heterocycles. The first-order chi connectivity index (χ1) is 11.7. The van der Waals surface area contributed by atoms with Gasteiger partial charge in [0.05, 0.1) is 0 Å². The molecule has 3 rings (SSSR count).